The van der Waals surface area contributed by atoms with Crippen molar-refractivity contribution in [3.05, 3.63) is 35.9 Å². The van der Waals surface area contributed by atoms with Gasteiger partial charge in [-0.1, -0.05) is 18.2 Å². The Kier molecular flexibility index (Phi) is 4.59. The monoisotopic (exact) mass is 328 g/mol. The number of carbonyl (C=O) groups excluding carboxylic acids is 1. The van der Waals surface area contributed by atoms with Gasteiger partial charge in [0.1, 0.15) is 0 Å². The van der Waals surface area contributed by atoms with E-state index in [0.29, 0.717) is 12.0 Å². The van der Waals surface area contributed by atoms with Gasteiger partial charge in [0, 0.05) is 18.7 Å². The summed E-state index contributed by atoms with van der Waals surface area (Å²) >= 11 is 0. The highest BCUT2D eigenvalue weighted by Gasteiger charge is 2.46. The van der Waals surface area contributed by atoms with E-state index in [1.165, 1.54) is 25.7 Å². The number of ether oxygens (including phenoxy) is 1. The molecule has 130 valence electrons. The van der Waals surface area contributed by atoms with Crippen LogP contribution < -0.4 is 5.32 Å². The first-order valence-electron chi connectivity index (χ1n) is 9.40. The highest BCUT2D eigenvalue weighted by molar-refractivity contribution is 5.94. The maximum atomic E-state index is 13.0. The molecule has 1 aliphatic carbocycles. The summed E-state index contributed by atoms with van der Waals surface area (Å²) in [5.41, 5.74) is 1.10. The Bertz CT molecular complexity index is 564. The van der Waals surface area contributed by atoms with Gasteiger partial charge in [-0.3, -0.25) is 4.79 Å². The molecule has 24 heavy (non-hydrogen) atoms. The minimum Gasteiger partial charge on any atom is -0.379 e. The van der Waals surface area contributed by atoms with Gasteiger partial charge < -0.3 is 15.0 Å². The fraction of sp³-hybridized carbons (Fsp3) is 0.650. The third-order valence-electron chi connectivity index (χ3n) is 5.92. The fourth-order valence-corrected chi connectivity index (χ4v) is 4.27. The van der Waals surface area contributed by atoms with Gasteiger partial charge >= 0.3 is 0 Å². The van der Waals surface area contributed by atoms with E-state index < -0.39 is 0 Å². The summed E-state index contributed by atoms with van der Waals surface area (Å²) in [6.07, 6.45) is 6.06. The lowest BCUT2D eigenvalue weighted by molar-refractivity contribution is 0.0514. The average Bonchev–Trinajstić information content (AvgIpc) is 3.38. The Labute approximate surface area is 144 Å². The molecule has 1 N–H and O–H groups in total. The summed E-state index contributed by atoms with van der Waals surface area (Å²) in [7, 11) is 0. The van der Waals surface area contributed by atoms with E-state index in [4.69, 9.17) is 4.74 Å². The second-order valence-electron chi connectivity index (χ2n) is 7.89. The molecule has 1 atom stereocenters. The molecule has 4 nitrogen and oxygen atoms in total. The number of carbonyl (C=O) groups is 1. The van der Waals surface area contributed by atoms with Gasteiger partial charge in [-0.25, -0.2) is 0 Å². The van der Waals surface area contributed by atoms with Crippen LogP contribution in [0, 0.1) is 11.3 Å². The Morgan fingerprint density at radius 1 is 1.17 bits per heavy atom. The Morgan fingerprint density at radius 2 is 1.92 bits per heavy atom. The fourth-order valence-electron chi connectivity index (χ4n) is 4.27. The second kappa shape index (κ2) is 6.85. The van der Waals surface area contributed by atoms with E-state index in [1.807, 2.05) is 30.3 Å². The van der Waals surface area contributed by atoms with E-state index in [-0.39, 0.29) is 11.9 Å². The molecular weight excluding hydrogens is 300 g/mol. The van der Waals surface area contributed by atoms with E-state index >= 15 is 0 Å². The Morgan fingerprint density at radius 3 is 2.62 bits per heavy atom. The van der Waals surface area contributed by atoms with Crippen molar-refractivity contribution in [2.75, 3.05) is 32.8 Å². The van der Waals surface area contributed by atoms with Gasteiger partial charge in [0.25, 0.3) is 5.91 Å². The molecule has 3 fully saturated rings. The van der Waals surface area contributed by atoms with E-state index in [1.54, 1.807) is 0 Å². The van der Waals surface area contributed by atoms with Gasteiger partial charge in [-0.2, -0.15) is 0 Å². The van der Waals surface area contributed by atoms with Crippen LogP contribution in [0.5, 0.6) is 0 Å². The van der Waals surface area contributed by atoms with E-state index in [0.717, 1.165) is 44.1 Å². The molecule has 2 heterocycles. The quantitative estimate of drug-likeness (QED) is 0.903. The van der Waals surface area contributed by atoms with Crippen molar-refractivity contribution in [3.8, 4) is 0 Å². The van der Waals surface area contributed by atoms with Gasteiger partial charge in [-0.05, 0) is 68.7 Å². The maximum Gasteiger partial charge on any atom is 0.254 e. The second-order valence-corrected chi connectivity index (χ2v) is 7.89. The number of hydrogen-bond acceptors (Lipinski definition) is 3. The topological polar surface area (TPSA) is 41.6 Å². The summed E-state index contributed by atoms with van der Waals surface area (Å²) in [6, 6.07) is 9.94. The van der Waals surface area contributed by atoms with E-state index in [2.05, 4.69) is 10.2 Å². The molecule has 1 aromatic carbocycles. The van der Waals surface area contributed by atoms with E-state index in [9.17, 15) is 4.79 Å². The molecule has 1 amide bonds. The number of nitrogens with one attached hydrogen (secondary N) is 1. The van der Waals surface area contributed by atoms with Crippen molar-refractivity contribution < 1.29 is 9.53 Å². The molecule has 0 radical (unpaired) electrons. The summed E-state index contributed by atoms with van der Waals surface area (Å²) in [6.45, 7) is 4.61. The normalized spacial score (nSPS) is 26.0. The van der Waals surface area contributed by atoms with Crippen LogP contribution >= 0.6 is 0 Å². The third kappa shape index (κ3) is 3.50. The molecule has 1 saturated carbocycles. The number of piperidine rings is 1. The molecule has 0 aromatic heterocycles. The van der Waals surface area contributed by atoms with Crippen molar-refractivity contribution in [2.45, 2.75) is 38.1 Å². The largest absolute Gasteiger partial charge is 0.379 e. The zero-order valence-electron chi connectivity index (χ0n) is 14.4. The molecular formula is C20H28N2O2. The molecule has 0 bridgehead atoms. The highest BCUT2D eigenvalue weighted by Crippen LogP contribution is 2.42. The molecule has 0 unspecified atom stereocenters. The molecule has 1 aromatic rings. The van der Waals surface area contributed by atoms with Crippen molar-refractivity contribution in [1.82, 2.24) is 10.2 Å². The number of rotatable bonds is 5. The van der Waals surface area contributed by atoms with Crippen LogP contribution in [0.1, 0.15) is 42.5 Å². The van der Waals surface area contributed by atoms with Gasteiger partial charge in [-0.15, -0.1) is 0 Å². The maximum absolute atomic E-state index is 13.0. The lowest BCUT2D eigenvalue weighted by atomic mass is 9.77. The van der Waals surface area contributed by atoms with Gasteiger partial charge in [0.15, 0.2) is 0 Å². The number of amides is 1. The smallest absolute Gasteiger partial charge is 0.254 e. The van der Waals surface area contributed by atoms with Crippen LogP contribution in [0.4, 0.5) is 0 Å². The van der Waals surface area contributed by atoms with Crippen molar-refractivity contribution in [1.29, 1.82) is 0 Å². The minimum atomic E-state index is 0.172. The molecule has 3 aliphatic rings. The molecule has 4 rings (SSSR count). The van der Waals surface area contributed by atoms with Gasteiger partial charge in [0.05, 0.1) is 12.6 Å². The first-order chi connectivity index (χ1) is 11.8. The zero-order valence-corrected chi connectivity index (χ0v) is 14.4. The summed E-state index contributed by atoms with van der Waals surface area (Å²) in [5.74, 6) is 0.948. The van der Waals surface area contributed by atoms with Crippen LogP contribution in [0.25, 0.3) is 0 Å². The molecule has 2 saturated heterocycles. The minimum absolute atomic E-state index is 0.172. The van der Waals surface area contributed by atoms with Crippen LogP contribution in [-0.4, -0.2) is 49.7 Å². The number of benzene rings is 1. The Balaban J connectivity index is 1.47. The zero-order chi connectivity index (χ0) is 16.4. The lowest BCUT2D eigenvalue weighted by Crippen LogP contribution is -2.41. The predicted molar refractivity (Wildman–Crippen MR) is 94.0 cm³/mol. The Hall–Kier alpha value is -1.39. The number of hydrogen-bond donors (Lipinski definition) is 1. The van der Waals surface area contributed by atoms with Crippen LogP contribution in [-0.2, 0) is 4.74 Å². The van der Waals surface area contributed by atoms with Gasteiger partial charge in [0.2, 0.25) is 0 Å². The number of nitrogens with zero attached hydrogens (tertiary/aromatic N) is 1. The summed E-state index contributed by atoms with van der Waals surface area (Å²) < 4.78 is 5.98. The van der Waals surface area contributed by atoms with Crippen molar-refractivity contribution >= 4 is 5.91 Å². The predicted octanol–water partition coefficient (Wildman–Crippen LogP) is 2.70. The first-order valence-corrected chi connectivity index (χ1v) is 9.40. The first kappa shape index (κ1) is 16.1. The third-order valence-corrected chi connectivity index (χ3v) is 5.92. The van der Waals surface area contributed by atoms with Crippen LogP contribution in [0.2, 0.25) is 0 Å². The SMILES string of the molecule is O=C(c1ccccc1)N1CC2(CCNCC2)C[C@H]1COCC1CC1. The molecule has 4 heteroatoms. The average molecular weight is 328 g/mol. The van der Waals surface area contributed by atoms with Crippen LogP contribution in [0.15, 0.2) is 30.3 Å². The molecule has 1 spiro atoms. The van der Waals surface area contributed by atoms with Crippen molar-refractivity contribution in [3.63, 3.8) is 0 Å². The highest BCUT2D eigenvalue weighted by atomic mass is 16.5. The standard InChI is InChI=1S/C20H28N2O2/c23-19(17-4-2-1-3-5-17)22-15-20(8-10-21-11-9-20)12-18(22)14-24-13-16-6-7-16/h1-5,16,18,21H,6-15H2/t18-/m0/s1. The van der Waals surface area contributed by atoms with Crippen LogP contribution in [0.3, 0.4) is 0 Å². The van der Waals surface area contributed by atoms with Crippen molar-refractivity contribution in [2.24, 2.45) is 11.3 Å². The molecule has 2 aliphatic heterocycles. The summed E-state index contributed by atoms with van der Waals surface area (Å²) in [4.78, 5) is 15.2. The summed E-state index contributed by atoms with van der Waals surface area (Å²) in [5, 5.41) is 3.46. The number of likely N-dealkylation sites (tertiary alicyclic amines) is 1. The lowest BCUT2D eigenvalue weighted by Gasteiger charge is -2.33.